The minimum absolute atomic E-state index is 0.149. The largest absolute Gasteiger partial charge is 0.396 e. The Hall–Kier alpha value is -1.27. The highest BCUT2D eigenvalue weighted by molar-refractivity contribution is 5.50. The number of benzene rings is 1. The van der Waals surface area contributed by atoms with E-state index < -0.39 is 34.7 Å². The van der Waals surface area contributed by atoms with Gasteiger partial charge in [0, 0.05) is 24.2 Å². The number of hydrogen-bond acceptors (Lipinski definition) is 3. The first-order valence-corrected chi connectivity index (χ1v) is 3.87. The van der Waals surface area contributed by atoms with Gasteiger partial charge in [-0.3, -0.25) is 0 Å². The molecule has 1 aromatic carbocycles. The zero-order chi connectivity index (χ0) is 10.9. The Kier molecular flexibility index (Phi) is 2.97. The minimum atomic E-state index is -1.32. The SMILES string of the molecule is NC[C@@H](N)c1c(N)c(F)cc(F)c1F. The Balaban J connectivity index is 3.39. The number of rotatable bonds is 2. The molecule has 1 aromatic rings. The van der Waals surface area contributed by atoms with Gasteiger partial charge in [-0.1, -0.05) is 0 Å². The molecule has 0 heterocycles. The Morgan fingerprint density at radius 3 is 2.29 bits per heavy atom. The molecular formula is C8H10F3N3. The summed E-state index contributed by atoms with van der Waals surface area (Å²) in [5, 5.41) is 0. The summed E-state index contributed by atoms with van der Waals surface area (Å²) in [6.45, 7) is -0.149. The van der Waals surface area contributed by atoms with Crippen molar-refractivity contribution in [1.82, 2.24) is 0 Å². The maximum Gasteiger partial charge on any atom is 0.165 e. The molecule has 0 aliphatic carbocycles. The van der Waals surface area contributed by atoms with Gasteiger partial charge in [0.15, 0.2) is 11.6 Å². The van der Waals surface area contributed by atoms with Crippen LogP contribution in [0.3, 0.4) is 0 Å². The van der Waals surface area contributed by atoms with Crippen LogP contribution < -0.4 is 17.2 Å². The molecule has 3 nitrogen and oxygen atoms in total. The molecule has 0 fully saturated rings. The Morgan fingerprint density at radius 2 is 1.79 bits per heavy atom. The van der Waals surface area contributed by atoms with Crippen LogP contribution in [0, 0.1) is 17.5 Å². The lowest BCUT2D eigenvalue weighted by atomic mass is 10.0. The van der Waals surface area contributed by atoms with Crippen molar-refractivity contribution in [2.75, 3.05) is 12.3 Å². The van der Waals surface area contributed by atoms with E-state index >= 15 is 0 Å². The molecule has 0 unspecified atom stereocenters. The van der Waals surface area contributed by atoms with E-state index in [0.717, 1.165) is 0 Å². The normalized spacial score (nSPS) is 12.9. The number of nitrogens with two attached hydrogens (primary N) is 3. The summed E-state index contributed by atoms with van der Waals surface area (Å²) in [6, 6.07) is -0.641. The Labute approximate surface area is 78.7 Å². The van der Waals surface area contributed by atoms with Crippen LogP contribution in [-0.4, -0.2) is 6.54 Å². The van der Waals surface area contributed by atoms with Crippen molar-refractivity contribution < 1.29 is 13.2 Å². The lowest BCUT2D eigenvalue weighted by Crippen LogP contribution is -2.24. The van der Waals surface area contributed by atoms with Gasteiger partial charge in [-0.15, -0.1) is 0 Å². The Bertz CT molecular complexity index is 328. The highest BCUT2D eigenvalue weighted by Gasteiger charge is 2.20. The number of halogens is 3. The summed E-state index contributed by atoms with van der Waals surface area (Å²) in [7, 11) is 0. The van der Waals surface area contributed by atoms with E-state index in [0.29, 0.717) is 6.07 Å². The van der Waals surface area contributed by atoms with Crippen LogP contribution in [0.25, 0.3) is 0 Å². The molecule has 0 bridgehead atoms. The van der Waals surface area contributed by atoms with Crippen molar-refractivity contribution in [3.8, 4) is 0 Å². The molecule has 6 N–H and O–H groups in total. The van der Waals surface area contributed by atoms with Crippen LogP contribution >= 0.6 is 0 Å². The zero-order valence-corrected chi connectivity index (χ0v) is 7.23. The van der Waals surface area contributed by atoms with Gasteiger partial charge in [0.2, 0.25) is 0 Å². The van der Waals surface area contributed by atoms with Crippen LogP contribution in [0.5, 0.6) is 0 Å². The highest BCUT2D eigenvalue weighted by Crippen LogP contribution is 2.26. The van der Waals surface area contributed by atoms with Gasteiger partial charge >= 0.3 is 0 Å². The van der Waals surface area contributed by atoms with Crippen LogP contribution in [0.4, 0.5) is 18.9 Å². The molecule has 1 atom stereocenters. The van der Waals surface area contributed by atoms with E-state index in [1.54, 1.807) is 0 Å². The predicted molar refractivity (Wildman–Crippen MR) is 46.7 cm³/mol. The summed E-state index contributed by atoms with van der Waals surface area (Å²) >= 11 is 0. The van der Waals surface area contributed by atoms with E-state index in [2.05, 4.69) is 0 Å². The van der Waals surface area contributed by atoms with E-state index in [-0.39, 0.29) is 6.54 Å². The number of nitrogen functional groups attached to an aromatic ring is 1. The first-order valence-electron chi connectivity index (χ1n) is 3.87. The third kappa shape index (κ3) is 1.66. The molecule has 0 saturated carbocycles. The van der Waals surface area contributed by atoms with Crippen molar-refractivity contribution in [2.24, 2.45) is 11.5 Å². The lowest BCUT2D eigenvalue weighted by Gasteiger charge is -2.14. The van der Waals surface area contributed by atoms with Crippen LogP contribution in [0.2, 0.25) is 0 Å². The topological polar surface area (TPSA) is 78.1 Å². The number of hydrogen-bond donors (Lipinski definition) is 3. The van der Waals surface area contributed by atoms with Gasteiger partial charge in [-0.2, -0.15) is 0 Å². The lowest BCUT2D eigenvalue weighted by molar-refractivity contribution is 0.478. The zero-order valence-electron chi connectivity index (χ0n) is 7.23. The maximum atomic E-state index is 13.1. The molecule has 0 radical (unpaired) electrons. The quantitative estimate of drug-likeness (QED) is 0.490. The second kappa shape index (κ2) is 3.85. The fraction of sp³-hybridized carbons (Fsp3) is 0.250. The van der Waals surface area contributed by atoms with Gasteiger partial charge < -0.3 is 17.2 Å². The highest BCUT2D eigenvalue weighted by atomic mass is 19.2. The summed E-state index contributed by atoms with van der Waals surface area (Å²) in [4.78, 5) is 0. The second-order valence-corrected chi connectivity index (χ2v) is 2.82. The molecule has 6 heteroatoms. The van der Waals surface area contributed by atoms with Gasteiger partial charge in [0.25, 0.3) is 0 Å². The summed E-state index contributed by atoms with van der Waals surface area (Å²) in [5.41, 5.74) is 14.8. The predicted octanol–water partition coefficient (Wildman–Crippen LogP) is 0.645. The molecule has 0 spiro atoms. The molecule has 0 amide bonds. The van der Waals surface area contributed by atoms with Gasteiger partial charge in [0.05, 0.1) is 5.69 Å². The second-order valence-electron chi connectivity index (χ2n) is 2.82. The van der Waals surface area contributed by atoms with Crippen molar-refractivity contribution in [3.63, 3.8) is 0 Å². The monoisotopic (exact) mass is 205 g/mol. The first-order chi connectivity index (χ1) is 6.49. The van der Waals surface area contributed by atoms with Crippen molar-refractivity contribution >= 4 is 5.69 Å². The smallest absolute Gasteiger partial charge is 0.165 e. The molecule has 78 valence electrons. The van der Waals surface area contributed by atoms with Crippen LogP contribution in [-0.2, 0) is 0 Å². The van der Waals surface area contributed by atoms with E-state index in [1.807, 2.05) is 0 Å². The van der Waals surface area contributed by atoms with Crippen molar-refractivity contribution in [2.45, 2.75) is 6.04 Å². The molecule has 0 saturated heterocycles. The van der Waals surface area contributed by atoms with Crippen LogP contribution in [0.1, 0.15) is 11.6 Å². The third-order valence-corrected chi connectivity index (χ3v) is 1.87. The van der Waals surface area contributed by atoms with Gasteiger partial charge in [-0.25, -0.2) is 13.2 Å². The van der Waals surface area contributed by atoms with E-state index in [4.69, 9.17) is 17.2 Å². The summed E-state index contributed by atoms with van der Waals surface area (Å²) in [5.74, 6) is -3.61. The molecular weight excluding hydrogens is 195 g/mol. The number of anilines is 1. The molecule has 0 aliphatic heterocycles. The fourth-order valence-electron chi connectivity index (χ4n) is 1.11. The van der Waals surface area contributed by atoms with E-state index in [1.165, 1.54) is 0 Å². The minimum Gasteiger partial charge on any atom is -0.396 e. The van der Waals surface area contributed by atoms with E-state index in [9.17, 15) is 13.2 Å². The first kappa shape index (κ1) is 10.8. The average molecular weight is 205 g/mol. The standard InChI is InChI=1S/C8H10F3N3/c9-3-1-4(10)8(14)6(7(3)11)5(13)2-12/h1,5H,2,12-14H2/t5-/m1/s1. The molecule has 0 aromatic heterocycles. The molecule has 1 rings (SSSR count). The van der Waals surface area contributed by atoms with Gasteiger partial charge in [-0.05, 0) is 0 Å². The maximum absolute atomic E-state index is 13.1. The molecule has 0 aliphatic rings. The molecule has 14 heavy (non-hydrogen) atoms. The van der Waals surface area contributed by atoms with Crippen LogP contribution in [0.15, 0.2) is 6.07 Å². The van der Waals surface area contributed by atoms with Crippen molar-refractivity contribution in [1.29, 1.82) is 0 Å². The fourth-order valence-corrected chi connectivity index (χ4v) is 1.11. The third-order valence-electron chi connectivity index (χ3n) is 1.87. The van der Waals surface area contributed by atoms with Crippen molar-refractivity contribution in [3.05, 3.63) is 29.1 Å². The van der Waals surface area contributed by atoms with Gasteiger partial charge in [0.1, 0.15) is 5.82 Å². The summed E-state index contributed by atoms with van der Waals surface area (Å²) < 4.78 is 38.8. The average Bonchev–Trinajstić information content (AvgIpc) is 2.15. The Morgan fingerprint density at radius 1 is 1.21 bits per heavy atom. The summed E-state index contributed by atoms with van der Waals surface area (Å²) in [6.07, 6.45) is 0.